The number of carbonyl (C=O) groups excluding carboxylic acids is 8. The highest BCUT2D eigenvalue weighted by molar-refractivity contribution is 7.73. The zero-order valence-corrected chi connectivity index (χ0v) is 55.3. The predicted octanol–water partition coefficient (Wildman–Crippen LogP) is 13.4. The molecule has 8 atom stereocenters. The Morgan fingerprint density at radius 1 is 0.292 bits per heavy atom. The van der Waals surface area contributed by atoms with Gasteiger partial charge in [-0.25, -0.2) is 20.0 Å². The van der Waals surface area contributed by atoms with E-state index < -0.39 is 86.8 Å². The molecule has 18 heteroatoms. The van der Waals surface area contributed by atoms with Crippen molar-refractivity contribution in [3.8, 4) is 0 Å². The van der Waals surface area contributed by atoms with Crippen LogP contribution in [-0.4, -0.2) is 67.3 Å². The fraction of sp³-hybridized carbons (Fsp3) is 0.205. The van der Waals surface area contributed by atoms with Gasteiger partial charge in [0.1, 0.15) is 23.1 Å². The van der Waals surface area contributed by atoms with Gasteiger partial charge in [0.25, 0.3) is 23.6 Å². The van der Waals surface area contributed by atoms with Crippen LogP contribution in [0.25, 0.3) is 0 Å². The van der Waals surface area contributed by atoms with E-state index in [4.69, 9.17) is 0 Å². The Balaban J connectivity index is 1.07. The average molecular weight is 1310 g/mol. The number of fused-ring (bicyclic) bond motifs is 2. The van der Waals surface area contributed by atoms with E-state index in [0.29, 0.717) is 32.9 Å². The van der Waals surface area contributed by atoms with Crippen molar-refractivity contribution in [1.29, 1.82) is 0 Å². The van der Waals surface area contributed by atoms with E-state index in [2.05, 4.69) is 21.3 Å². The summed E-state index contributed by atoms with van der Waals surface area (Å²) in [5.74, 6) is -7.60. The second kappa shape index (κ2) is 27.9. The van der Waals surface area contributed by atoms with E-state index in [-0.39, 0.29) is 71.6 Å². The number of rotatable bonds is 18. The molecule has 0 saturated carbocycles. The minimum absolute atomic E-state index is 0.145. The number of hydrogen-bond donors (Lipinski definition) is 4. The van der Waals surface area contributed by atoms with Crippen molar-refractivity contribution in [2.45, 2.75) is 101 Å². The lowest BCUT2D eigenvalue weighted by atomic mass is 10.0. The van der Waals surface area contributed by atoms with E-state index in [1.807, 2.05) is 222 Å². The first-order valence-electron chi connectivity index (χ1n) is 32.4. The van der Waals surface area contributed by atoms with Crippen molar-refractivity contribution in [3.05, 3.63) is 309 Å². The third kappa shape index (κ3) is 12.4. The molecule has 0 aromatic heterocycles. The number of nitrogens with zero attached hydrogens (tertiary/aromatic N) is 4. The van der Waals surface area contributed by atoms with Crippen LogP contribution in [0.2, 0.25) is 0 Å². The van der Waals surface area contributed by atoms with Gasteiger partial charge >= 0.3 is 0 Å². The number of hydrazine groups is 2. The van der Waals surface area contributed by atoms with Crippen LogP contribution in [0.3, 0.4) is 0 Å². The quantitative estimate of drug-likeness (QED) is 0.0609. The highest BCUT2D eigenvalue weighted by Crippen LogP contribution is 2.74. The molecule has 96 heavy (non-hydrogen) atoms. The maximum Gasteiger partial charge on any atom is 0.252 e. The molecule has 0 spiro atoms. The van der Waals surface area contributed by atoms with Crippen molar-refractivity contribution in [1.82, 2.24) is 41.3 Å². The second-order valence-corrected chi connectivity index (χ2v) is 29.1. The molecule has 4 saturated heterocycles. The van der Waals surface area contributed by atoms with Crippen molar-refractivity contribution < 1.29 is 38.4 Å². The van der Waals surface area contributed by atoms with Crippen LogP contribution in [-0.2, 0) is 19.2 Å². The predicted molar refractivity (Wildman–Crippen MR) is 371 cm³/mol. The highest BCUT2D eigenvalue weighted by atomic mass is 31.1. The third-order valence-electron chi connectivity index (χ3n) is 18.5. The summed E-state index contributed by atoms with van der Waals surface area (Å²) in [5.41, 5.74) is 6.21. The summed E-state index contributed by atoms with van der Waals surface area (Å²) in [6.45, 7) is 7.58. The van der Waals surface area contributed by atoms with Gasteiger partial charge < -0.3 is 21.3 Å². The van der Waals surface area contributed by atoms with Gasteiger partial charge in [-0.05, 0) is 123 Å². The first-order valence-corrected chi connectivity index (χ1v) is 35.4. The van der Waals surface area contributed by atoms with Crippen LogP contribution in [0.1, 0.15) is 187 Å². The van der Waals surface area contributed by atoms with Crippen LogP contribution in [0.15, 0.2) is 243 Å². The average Bonchev–Trinajstić information content (AvgIpc) is 1.55. The molecule has 4 heterocycles. The van der Waals surface area contributed by atoms with Crippen molar-refractivity contribution >= 4 is 73.7 Å². The fourth-order valence-electron chi connectivity index (χ4n) is 13.8. The molecule has 9 aromatic rings. The number of carbonyl (C=O) groups is 8. The highest BCUT2D eigenvalue weighted by Gasteiger charge is 2.60. The minimum atomic E-state index is -2.20. The Bertz CT molecular complexity index is 3910. The van der Waals surface area contributed by atoms with Gasteiger partial charge in [0.2, 0.25) is 23.6 Å². The summed E-state index contributed by atoms with van der Waals surface area (Å²) in [7, 11) is -4.41. The molecule has 4 unspecified atom stereocenters. The second-order valence-electron chi connectivity index (χ2n) is 24.5. The van der Waals surface area contributed by atoms with Gasteiger partial charge in [0.15, 0.2) is 0 Å². The number of hydrogen-bond acceptors (Lipinski definition) is 8. The molecule has 0 aliphatic carbocycles. The van der Waals surface area contributed by atoms with Crippen LogP contribution >= 0.6 is 15.8 Å². The summed E-state index contributed by atoms with van der Waals surface area (Å²) in [6, 6.07) is 72.6. The van der Waals surface area contributed by atoms with Crippen LogP contribution in [0.5, 0.6) is 0 Å². The summed E-state index contributed by atoms with van der Waals surface area (Å²) in [4.78, 5) is 123. The van der Waals surface area contributed by atoms with E-state index in [0.717, 1.165) is 22.3 Å². The van der Waals surface area contributed by atoms with Crippen LogP contribution in [0, 0.1) is 0 Å². The van der Waals surface area contributed by atoms with Crippen LogP contribution in [0.4, 0.5) is 0 Å². The lowest BCUT2D eigenvalue weighted by molar-refractivity contribution is -0.171. The molecule has 4 N–H and O–H groups in total. The van der Waals surface area contributed by atoms with Gasteiger partial charge in [-0.15, -0.1) is 0 Å². The molecular weight excluding hydrogens is 1240 g/mol. The number of nitrogens with one attached hydrogen (secondary N) is 4. The van der Waals surface area contributed by atoms with E-state index >= 15 is 38.4 Å². The van der Waals surface area contributed by atoms with Crippen molar-refractivity contribution in [2.24, 2.45) is 0 Å². The summed E-state index contributed by atoms with van der Waals surface area (Å²) < 4.78 is 0. The molecule has 16 nitrogen and oxygen atoms in total. The Labute approximate surface area is 560 Å². The standard InChI is InChI=1S/C78H72N8O8P2/c1-49(53-27-9-5-10-28-53)79-71(91)57-35-17-21-39-61(57)75-83-67(87)45-46-68(88)84(83)76(62-40-22-18-36-58(62)72(92)80-50(2)54-29-11-6-12-30-54)95(75)65-43-25-26-44-66(65)96-77(63-41-23-19-37-59(63)73(93)81-51(3)55-31-13-7-14-32-55)85-69(89)47-48-70(90)86(85)78(96)64-42-24-20-38-60(64)74(94)82-52(4)56-33-15-8-16-34-56/h5-44,49-52,75-78H,45-48H2,1-4H3,(H,79,91)(H,80,92)(H,81,93)(H,82,94)/t49?,50?,51?,52?,75-,76-,77-,78-,95?,96?/m0/s1. The van der Waals surface area contributed by atoms with Crippen molar-refractivity contribution in [2.75, 3.05) is 0 Å². The SMILES string of the molecule is CC(NC(=O)c1ccccc1[C@H]1N2C(=O)CCC(=O)N2[C@H](c2ccccc2C(=O)NC(C)c2ccccc2)P1c1ccccc1P1[C@@H](c2ccccc2C(=O)NC(C)c2ccccc2)N2C(=O)CCC(=O)N2[C@@H]1c1ccccc1C(=O)NC(C)c1ccccc1)c1ccccc1. The molecule has 0 radical (unpaired) electrons. The molecule has 4 aliphatic rings. The van der Waals surface area contributed by atoms with Gasteiger partial charge in [-0.1, -0.05) is 218 Å². The number of amides is 8. The molecule has 0 bridgehead atoms. The van der Waals surface area contributed by atoms with Gasteiger partial charge in [0.05, 0.1) is 24.2 Å². The Morgan fingerprint density at radius 3 is 0.698 bits per heavy atom. The first kappa shape index (κ1) is 64.3. The third-order valence-corrected chi connectivity index (χ3v) is 24.7. The number of benzene rings is 9. The maximum atomic E-state index is 15.5. The molecule has 4 aliphatic heterocycles. The van der Waals surface area contributed by atoms with Gasteiger partial charge in [-0.2, -0.15) is 0 Å². The lowest BCUT2D eigenvalue weighted by Gasteiger charge is -2.38. The molecule has 482 valence electrons. The van der Waals surface area contributed by atoms with Crippen molar-refractivity contribution in [3.63, 3.8) is 0 Å². The Hall–Kier alpha value is -10.4. The van der Waals surface area contributed by atoms with Gasteiger partial charge in [0, 0.05) is 47.9 Å². The largest absolute Gasteiger partial charge is 0.346 e. The fourth-order valence-corrected chi connectivity index (χ4v) is 21.3. The molecule has 9 aromatic carbocycles. The summed E-state index contributed by atoms with van der Waals surface area (Å²) in [5, 5.41) is 20.2. The monoisotopic (exact) mass is 1310 g/mol. The topological polar surface area (TPSA) is 198 Å². The molecule has 4 fully saturated rings. The zero-order chi connectivity index (χ0) is 66.7. The zero-order valence-electron chi connectivity index (χ0n) is 53.5. The summed E-state index contributed by atoms with van der Waals surface area (Å²) >= 11 is 0. The molecule has 8 amide bonds. The van der Waals surface area contributed by atoms with E-state index in [1.54, 1.807) is 48.5 Å². The van der Waals surface area contributed by atoms with E-state index in [9.17, 15) is 0 Å². The maximum absolute atomic E-state index is 15.5. The molecular formula is C78H72N8O8P2. The summed E-state index contributed by atoms with van der Waals surface area (Å²) in [6.07, 6.45) is -0.579. The van der Waals surface area contributed by atoms with E-state index in [1.165, 1.54) is 20.0 Å². The minimum Gasteiger partial charge on any atom is -0.346 e. The normalized spacial score (nSPS) is 20.3. The van der Waals surface area contributed by atoms with Gasteiger partial charge in [-0.3, -0.25) is 38.4 Å². The van der Waals surface area contributed by atoms with Crippen LogP contribution < -0.4 is 31.9 Å². The Morgan fingerprint density at radius 2 is 0.479 bits per heavy atom. The lowest BCUT2D eigenvalue weighted by Crippen LogP contribution is -2.50. The Kier molecular flexibility index (Phi) is 18.7. The molecule has 13 rings (SSSR count). The first-order chi connectivity index (χ1) is 46.7. The smallest absolute Gasteiger partial charge is 0.252 e.